The molecule has 0 radical (unpaired) electrons. The largest absolute Gasteiger partial charge is 0.240 e. The lowest BCUT2D eigenvalue weighted by molar-refractivity contribution is 0.577. The van der Waals surface area contributed by atoms with Crippen LogP contribution < -0.4 is 4.72 Å². The van der Waals surface area contributed by atoms with Crippen LogP contribution in [0.1, 0.15) is 6.42 Å². The first kappa shape index (κ1) is 13.3. The van der Waals surface area contributed by atoms with Gasteiger partial charge in [0.25, 0.3) is 0 Å². The normalized spacial score (nSPS) is 11.4. The number of hydrogen-bond acceptors (Lipinski definition) is 2. The summed E-state index contributed by atoms with van der Waals surface area (Å²) in [4.78, 5) is -0.0859. The fraction of sp³-hybridized carbons (Fsp3) is 0.200. The van der Waals surface area contributed by atoms with Gasteiger partial charge in [-0.15, -0.1) is 6.58 Å². The minimum Gasteiger partial charge on any atom is -0.211 e. The van der Waals surface area contributed by atoms with Crippen molar-refractivity contribution in [3.05, 3.63) is 41.1 Å². The average Bonchev–Trinajstić information content (AvgIpc) is 2.22. The van der Waals surface area contributed by atoms with E-state index in [4.69, 9.17) is 0 Å². The van der Waals surface area contributed by atoms with Crippen molar-refractivity contribution in [1.29, 1.82) is 0 Å². The molecule has 0 spiro atoms. The molecule has 0 fully saturated rings. The lowest BCUT2D eigenvalue weighted by Gasteiger charge is -2.05. The molecule has 0 aliphatic rings. The van der Waals surface area contributed by atoms with Crippen molar-refractivity contribution in [2.45, 2.75) is 11.3 Å². The van der Waals surface area contributed by atoms with Gasteiger partial charge in [-0.3, -0.25) is 0 Å². The molecule has 0 heterocycles. The molecule has 1 N–H and O–H groups in total. The van der Waals surface area contributed by atoms with Crippen LogP contribution in [0.3, 0.4) is 0 Å². The molecule has 3 nitrogen and oxygen atoms in total. The van der Waals surface area contributed by atoms with Crippen molar-refractivity contribution in [3.63, 3.8) is 0 Å². The van der Waals surface area contributed by atoms with E-state index in [1.165, 1.54) is 12.1 Å². The zero-order chi connectivity index (χ0) is 12.2. The lowest BCUT2D eigenvalue weighted by Crippen LogP contribution is -2.24. The molecule has 0 unspecified atom stereocenters. The summed E-state index contributed by atoms with van der Waals surface area (Å²) in [6.45, 7) is 3.73. The molecule has 0 aliphatic heterocycles. The van der Waals surface area contributed by atoms with Gasteiger partial charge in [0, 0.05) is 6.54 Å². The van der Waals surface area contributed by atoms with Gasteiger partial charge in [0.05, 0.1) is 9.37 Å². The maximum absolute atomic E-state index is 13.1. The Bertz CT molecular complexity index is 488. The molecule has 1 aromatic carbocycles. The Hall–Kier alpha value is -0.720. The fourth-order valence-corrected chi connectivity index (χ4v) is 2.33. The highest BCUT2D eigenvalue weighted by Gasteiger charge is 2.14. The molecule has 0 aromatic heterocycles. The number of nitrogens with one attached hydrogen (secondary N) is 1. The highest BCUT2D eigenvalue weighted by molar-refractivity contribution is 9.10. The first-order valence-corrected chi connectivity index (χ1v) is 6.80. The van der Waals surface area contributed by atoms with Gasteiger partial charge in [-0.05, 0) is 40.5 Å². The van der Waals surface area contributed by atoms with Gasteiger partial charge >= 0.3 is 0 Å². The van der Waals surface area contributed by atoms with E-state index in [1.54, 1.807) is 6.08 Å². The Kier molecular flexibility index (Phi) is 4.64. The average molecular weight is 308 g/mol. The topological polar surface area (TPSA) is 46.2 Å². The maximum atomic E-state index is 13.1. The van der Waals surface area contributed by atoms with Crippen LogP contribution in [0.5, 0.6) is 0 Å². The Morgan fingerprint density at radius 3 is 2.75 bits per heavy atom. The van der Waals surface area contributed by atoms with Crippen LogP contribution in [0.15, 0.2) is 40.2 Å². The molecule has 0 aliphatic carbocycles. The van der Waals surface area contributed by atoms with E-state index < -0.39 is 15.8 Å². The predicted molar refractivity (Wildman–Crippen MR) is 64.1 cm³/mol. The van der Waals surface area contributed by atoms with Crippen molar-refractivity contribution in [2.24, 2.45) is 0 Å². The Labute approximate surface area is 103 Å². The first-order chi connectivity index (χ1) is 7.47. The Balaban J connectivity index is 2.90. The number of hydrogen-bond donors (Lipinski definition) is 1. The summed E-state index contributed by atoms with van der Waals surface area (Å²) in [5.74, 6) is -0.605. The second-order valence-corrected chi connectivity index (χ2v) is 5.67. The molecule has 0 saturated carbocycles. The minimum atomic E-state index is -3.63. The Morgan fingerprint density at radius 1 is 1.50 bits per heavy atom. The third-order valence-corrected chi connectivity index (χ3v) is 3.94. The molecular weight excluding hydrogens is 297 g/mol. The zero-order valence-corrected chi connectivity index (χ0v) is 10.8. The van der Waals surface area contributed by atoms with Crippen LogP contribution in [0, 0.1) is 5.82 Å². The molecule has 6 heteroatoms. The van der Waals surface area contributed by atoms with E-state index >= 15 is 0 Å². The van der Waals surface area contributed by atoms with Crippen molar-refractivity contribution in [2.75, 3.05) is 6.54 Å². The van der Waals surface area contributed by atoms with Gasteiger partial charge in [0.1, 0.15) is 5.82 Å². The number of rotatable bonds is 5. The van der Waals surface area contributed by atoms with E-state index in [0.29, 0.717) is 6.42 Å². The number of sulfonamides is 1. The SMILES string of the molecule is C=CCCNS(=O)(=O)c1ccc(Br)c(F)c1. The van der Waals surface area contributed by atoms with Crippen molar-refractivity contribution in [1.82, 2.24) is 4.72 Å². The van der Waals surface area contributed by atoms with Gasteiger partial charge in [-0.2, -0.15) is 0 Å². The molecule has 0 bridgehead atoms. The summed E-state index contributed by atoms with van der Waals surface area (Å²) in [5.41, 5.74) is 0. The monoisotopic (exact) mass is 307 g/mol. The quantitative estimate of drug-likeness (QED) is 0.671. The standard InChI is InChI=1S/C10H11BrFNO2S/c1-2-3-6-13-16(14,15)8-4-5-9(11)10(12)7-8/h2,4-5,7,13H,1,3,6H2. The summed E-state index contributed by atoms with van der Waals surface area (Å²) in [6.07, 6.45) is 2.13. The smallest absolute Gasteiger partial charge is 0.211 e. The van der Waals surface area contributed by atoms with E-state index in [1.807, 2.05) is 0 Å². The molecule has 0 atom stereocenters. The molecule has 16 heavy (non-hydrogen) atoms. The highest BCUT2D eigenvalue weighted by atomic mass is 79.9. The van der Waals surface area contributed by atoms with E-state index in [-0.39, 0.29) is 15.9 Å². The third kappa shape index (κ3) is 3.40. The van der Waals surface area contributed by atoms with Gasteiger partial charge in [0.2, 0.25) is 10.0 Å². The van der Waals surface area contributed by atoms with Gasteiger partial charge in [-0.25, -0.2) is 17.5 Å². The van der Waals surface area contributed by atoms with Crippen LogP contribution >= 0.6 is 15.9 Å². The Morgan fingerprint density at radius 2 is 2.19 bits per heavy atom. The van der Waals surface area contributed by atoms with Crippen molar-refractivity contribution < 1.29 is 12.8 Å². The van der Waals surface area contributed by atoms with E-state index in [9.17, 15) is 12.8 Å². The summed E-state index contributed by atoms with van der Waals surface area (Å²) in [7, 11) is -3.63. The lowest BCUT2D eigenvalue weighted by atomic mass is 10.3. The summed E-state index contributed by atoms with van der Waals surface area (Å²) in [6, 6.07) is 3.67. The van der Waals surface area contributed by atoms with Crippen molar-refractivity contribution >= 4 is 26.0 Å². The molecule has 1 rings (SSSR count). The van der Waals surface area contributed by atoms with Crippen molar-refractivity contribution in [3.8, 4) is 0 Å². The predicted octanol–water partition coefficient (Wildman–Crippen LogP) is 2.44. The minimum absolute atomic E-state index is 0.0859. The molecular formula is C10H11BrFNO2S. The second kappa shape index (κ2) is 5.56. The van der Waals surface area contributed by atoms with Gasteiger partial charge in [0.15, 0.2) is 0 Å². The zero-order valence-electron chi connectivity index (χ0n) is 8.41. The van der Waals surface area contributed by atoms with Gasteiger partial charge in [-0.1, -0.05) is 6.08 Å². The number of halogens is 2. The number of benzene rings is 1. The summed E-state index contributed by atoms with van der Waals surface area (Å²) in [5, 5.41) is 0. The fourth-order valence-electron chi connectivity index (χ4n) is 1.02. The van der Waals surface area contributed by atoms with Crippen LogP contribution in [0.2, 0.25) is 0 Å². The van der Waals surface area contributed by atoms with Crippen LogP contribution in [-0.2, 0) is 10.0 Å². The molecule has 0 saturated heterocycles. The van der Waals surface area contributed by atoms with Crippen LogP contribution in [0.25, 0.3) is 0 Å². The summed E-state index contributed by atoms with van der Waals surface area (Å²) >= 11 is 2.96. The second-order valence-electron chi connectivity index (χ2n) is 3.05. The van der Waals surface area contributed by atoms with Gasteiger partial charge < -0.3 is 0 Å². The van der Waals surface area contributed by atoms with E-state index in [2.05, 4.69) is 27.2 Å². The molecule has 1 aromatic rings. The third-order valence-electron chi connectivity index (χ3n) is 1.84. The maximum Gasteiger partial charge on any atom is 0.240 e. The first-order valence-electron chi connectivity index (χ1n) is 4.53. The highest BCUT2D eigenvalue weighted by Crippen LogP contribution is 2.19. The van der Waals surface area contributed by atoms with Crippen LogP contribution in [0.4, 0.5) is 4.39 Å². The summed E-state index contributed by atoms with van der Waals surface area (Å²) < 4.78 is 39.0. The van der Waals surface area contributed by atoms with Crippen LogP contribution in [-0.4, -0.2) is 15.0 Å². The molecule has 0 amide bonds. The van der Waals surface area contributed by atoms with E-state index in [0.717, 1.165) is 6.07 Å². The molecule has 88 valence electrons.